The van der Waals surface area contributed by atoms with Crippen molar-refractivity contribution in [1.82, 2.24) is 9.88 Å². The first-order chi connectivity index (χ1) is 8.08. The van der Waals surface area contributed by atoms with E-state index in [1.165, 1.54) is 17.2 Å². The zero-order valence-corrected chi connectivity index (χ0v) is 10.4. The van der Waals surface area contributed by atoms with Crippen LogP contribution in [0.25, 0.3) is 0 Å². The number of halogens is 2. The molecule has 1 aliphatic heterocycles. The Morgan fingerprint density at radius 2 is 2.47 bits per heavy atom. The zero-order chi connectivity index (χ0) is 12.4. The average Bonchev–Trinajstić information content (AvgIpc) is 2.29. The Bertz CT molecular complexity index is 444. The van der Waals surface area contributed by atoms with Gasteiger partial charge >= 0.3 is 6.09 Å². The predicted octanol–water partition coefficient (Wildman–Crippen LogP) is 2.03. The molecule has 1 aromatic rings. The summed E-state index contributed by atoms with van der Waals surface area (Å²) in [6.45, 7) is 0.638. The van der Waals surface area contributed by atoms with E-state index in [-0.39, 0.29) is 18.8 Å². The molecule has 92 valence electrons. The number of ether oxygens (including phenoxy) is 1. The summed E-state index contributed by atoms with van der Waals surface area (Å²) in [4.78, 5) is 15.9. The lowest BCUT2D eigenvalue weighted by Gasteiger charge is -2.30. The lowest BCUT2D eigenvalue weighted by Crippen LogP contribution is -2.41. The molecule has 17 heavy (non-hydrogen) atoms. The summed E-state index contributed by atoms with van der Waals surface area (Å²) in [6.07, 6.45) is -0.217. The molecule has 1 unspecified atom stereocenters. The highest BCUT2D eigenvalue weighted by Gasteiger charge is 2.27. The molecule has 7 heteroatoms. The van der Waals surface area contributed by atoms with Crippen LogP contribution in [0.15, 0.2) is 16.7 Å². The van der Waals surface area contributed by atoms with Gasteiger partial charge in [0.2, 0.25) is 0 Å². The summed E-state index contributed by atoms with van der Waals surface area (Å²) < 4.78 is 19.5. The van der Waals surface area contributed by atoms with Gasteiger partial charge in [0, 0.05) is 17.2 Å². The van der Waals surface area contributed by atoms with Crippen molar-refractivity contribution < 1.29 is 19.0 Å². The number of morpholine rings is 1. The van der Waals surface area contributed by atoms with Crippen molar-refractivity contribution in [2.24, 2.45) is 0 Å². The summed E-state index contributed by atoms with van der Waals surface area (Å²) >= 11 is 3.11. The smallest absolute Gasteiger partial charge is 0.407 e. The summed E-state index contributed by atoms with van der Waals surface area (Å²) in [6, 6.07) is 1.28. The third kappa shape index (κ3) is 2.73. The molecule has 1 N–H and O–H groups in total. The van der Waals surface area contributed by atoms with Crippen molar-refractivity contribution in [2.45, 2.75) is 6.10 Å². The van der Waals surface area contributed by atoms with Gasteiger partial charge in [0.15, 0.2) is 0 Å². The number of pyridine rings is 1. The molecule has 0 aliphatic carbocycles. The second-order valence-corrected chi connectivity index (χ2v) is 4.52. The van der Waals surface area contributed by atoms with E-state index < -0.39 is 18.0 Å². The van der Waals surface area contributed by atoms with Crippen molar-refractivity contribution in [2.75, 3.05) is 19.7 Å². The molecule has 0 radical (unpaired) electrons. The molecule has 1 fully saturated rings. The maximum Gasteiger partial charge on any atom is 0.407 e. The molecule has 2 heterocycles. The van der Waals surface area contributed by atoms with Crippen molar-refractivity contribution in [3.8, 4) is 0 Å². The maximum absolute atomic E-state index is 13.6. The molecule has 1 aliphatic rings. The number of rotatable bonds is 1. The van der Waals surface area contributed by atoms with Gasteiger partial charge in [-0.05, 0) is 22.0 Å². The van der Waals surface area contributed by atoms with Crippen molar-refractivity contribution in [3.63, 3.8) is 0 Å². The highest BCUT2D eigenvalue weighted by molar-refractivity contribution is 9.10. The van der Waals surface area contributed by atoms with Gasteiger partial charge in [-0.3, -0.25) is 4.98 Å². The number of aromatic nitrogens is 1. The van der Waals surface area contributed by atoms with Gasteiger partial charge in [0.05, 0.1) is 13.2 Å². The first-order valence-electron chi connectivity index (χ1n) is 4.98. The van der Waals surface area contributed by atoms with Crippen LogP contribution >= 0.6 is 15.9 Å². The topological polar surface area (TPSA) is 62.7 Å². The van der Waals surface area contributed by atoms with Crippen LogP contribution in [-0.4, -0.2) is 40.8 Å². The highest BCUT2D eigenvalue weighted by atomic mass is 79.9. The van der Waals surface area contributed by atoms with Crippen LogP contribution < -0.4 is 0 Å². The third-order valence-electron chi connectivity index (χ3n) is 2.48. The van der Waals surface area contributed by atoms with E-state index in [9.17, 15) is 9.18 Å². The van der Waals surface area contributed by atoms with Crippen LogP contribution in [0.2, 0.25) is 0 Å². The second-order valence-electron chi connectivity index (χ2n) is 3.61. The van der Waals surface area contributed by atoms with E-state index in [1.807, 2.05) is 0 Å². The number of carboxylic acid groups (broad SMARTS) is 1. The van der Waals surface area contributed by atoms with Crippen LogP contribution in [-0.2, 0) is 4.74 Å². The Hall–Kier alpha value is -1.21. The van der Waals surface area contributed by atoms with Gasteiger partial charge in [-0.2, -0.15) is 0 Å². The maximum atomic E-state index is 13.6. The summed E-state index contributed by atoms with van der Waals surface area (Å²) in [5.41, 5.74) is 0.138. The monoisotopic (exact) mass is 304 g/mol. The van der Waals surface area contributed by atoms with Crippen molar-refractivity contribution in [3.05, 3.63) is 28.2 Å². The van der Waals surface area contributed by atoms with Gasteiger partial charge in [-0.15, -0.1) is 0 Å². The fraction of sp³-hybridized carbons (Fsp3) is 0.400. The molecule has 0 spiro atoms. The number of carbonyl (C=O) groups is 1. The first kappa shape index (κ1) is 12.3. The Kier molecular flexibility index (Phi) is 3.58. The SMILES string of the molecule is O=C(O)N1CCOC(c2ncc(Br)cc2F)C1. The zero-order valence-electron chi connectivity index (χ0n) is 8.77. The largest absolute Gasteiger partial charge is 0.465 e. The summed E-state index contributed by atoms with van der Waals surface area (Å²) in [5, 5.41) is 8.87. The van der Waals surface area contributed by atoms with E-state index in [0.29, 0.717) is 11.0 Å². The van der Waals surface area contributed by atoms with Crippen LogP contribution in [0, 0.1) is 5.82 Å². The number of nitrogens with zero attached hydrogens (tertiary/aromatic N) is 2. The number of amides is 1. The van der Waals surface area contributed by atoms with E-state index in [0.717, 1.165) is 0 Å². The van der Waals surface area contributed by atoms with E-state index in [2.05, 4.69) is 20.9 Å². The normalized spacial score (nSPS) is 20.4. The van der Waals surface area contributed by atoms with Gasteiger partial charge in [-0.25, -0.2) is 9.18 Å². The van der Waals surface area contributed by atoms with E-state index in [4.69, 9.17) is 9.84 Å². The van der Waals surface area contributed by atoms with E-state index >= 15 is 0 Å². The Balaban J connectivity index is 2.19. The Morgan fingerprint density at radius 3 is 3.12 bits per heavy atom. The summed E-state index contributed by atoms with van der Waals surface area (Å²) in [7, 11) is 0. The molecule has 1 atom stereocenters. The van der Waals surface area contributed by atoms with Crippen LogP contribution in [0.4, 0.5) is 9.18 Å². The molecule has 2 rings (SSSR count). The third-order valence-corrected chi connectivity index (χ3v) is 2.91. The molecular formula is C10H10BrFN2O3. The molecule has 1 aromatic heterocycles. The second kappa shape index (κ2) is 4.97. The van der Waals surface area contributed by atoms with Crippen LogP contribution in [0.5, 0.6) is 0 Å². The highest BCUT2D eigenvalue weighted by Crippen LogP contribution is 2.24. The molecule has 5 nitrogen and oxygen atoms in total. The quantitative estimate of drug-likeness (QED) is 0.862. The lowest BCUT2D eigenvalue weighted by molar-refractivity contribution is -0.0269. The summed E-state index contributed by atoms with van der Waals surface area (Å²) in [5.74, 6) is -0.503. The molecule has 1 amide bonds. The Morgan fingerprint density at radius 1 is 1.71 bits per heavy atom. The predicted molar refractivity (Wildman–Crippen MR) is 60.2 cm³/mol. The minimum absolute atomic E-state index is 0.0981. The number of hydrogen-bond donors (Lipinski definition) is 1. The molecule has 0 bridgehead atoms. The molecule has 0 aromatic carbocycles. The molecular weight excluding hydrogens is 295 g/mol. The van der Waals surface area contributed by atoms with Gasteiger partial charge < -0.3 is 14.7 Å². The van der Waals surface area contributed by atoms with Crippen LogP contribution in [0.1, 0.15) is 11.8 Å². The molecule has 0 saturated carbocycles. The fourth-order valence-electron chi connectivity index (χ4n) is 1.65. The van der Waals surface area contributed by atoms with Crippen molar-refractivity contribution in [1.29, 1.82) is 0 Å². The molecule has 1 saturated heterocycles. The standard InChI is InChI=1S/C10H10BrFN2O3/c11-6-3-7(12)9(13-4-6)8-5-14(10(15)16)1-2-17-8/h3-4,8H,1-2,5H2,(H,15,16). The minimum atomic E-state index is -1.03. The van der Waals surface area contributed by atoms with Crippen molar-refractivity contribution >= 4 is 22.0 Å². The first-order valence-corrected chi connectivity index (χ1v) is 5.77. The van der Waals surface area contributed by atoms with Gasteiger partial charge in [0.1, 0.15) is 17.6 Å². The lowest BCUT2D eigenvalue weighted by atomic mass is 10.2. The minimum Gasteiger partial charge on any atom is -0.465 e. The average molecular weight is 305 g/mol. The fourth-order valence-corrected chi connectivity index (χ4v) is 1.95. The van der Waals surface area contributed by atoms with E-state index in [1.54, 1.807) is 0 Å². The van der Waals surface area contributed by atoms with Gasteiger partial charge in [0.25, 0.3) is 0 Å². The number of hydrogen-bond acceptors (Lipinski definition) is 3. The van der Waals surface area contributed by atoms with Crippen LogP contribution in [0.3, 0.4) is 0 Å². The van der Waals surface area contributed by atoms with Gasteiger partial charge in [-0.1, -0.05) is 0 Å². The Labute approximate surface area is 105 Å².